The van der Waals surface area contributed by atoms with Gasteiger partial charge in [-0.3, -0.25) is 4.98 Å². The summed E-state index contributed by atoms with van der Waals surface area (Å²) in [5.74, 6) is 0. The highest BCUT2D eigenvalue weighted by atomic mass is 79.9. The maximum atomic E-state index is 11.7. The van der Waals surface area contributed by atoms with Gasteiger partial charge in [-0.25, -0.2) is 4.79 Å². The van der Waals surface area contributed by atoms with Crippen LogP contribution in [-0.2, 0) is 4.74 Å². The van der Waals surface area contributed by atoms with Crippen molar-refractivity contribution in [2.45, 2.75) is 31.9 Å². The van der Waals surface area contributed by atoms with Crippen LogP contribution in [0.3, 0.4) is 0 Å². The molecule has 1 fully saturated rings. The summed E-state index contributed by atoms with van der Waals surface area (Å²) < 4.78 is 6.20. The van der Waals surface area contributed by atoms with Crippen molar-refractivity contribution in [2.24, 2.45) is 0 Å². The molecule has 1 heterocycles. The molecule has 2 rings (SSSR count). The van der Waals surface area contributed by atoms with Crippen molar-refractivity contribution in [3.05, 3.63) is 22.9 Å². The van der Waals surface area contributed by atoms with Crippen LogP contribution in [0, 0.1) is 0 Å². The minimum absolute atomic E-state index is 0.193. The lowest BCUT2D eigenvalue weighted by molar-refractivity contribution is -0.00673. The van der Waals surface area contributed by atoms with Gasteiger partial charge < -0.3 is 15.4 Å². The number of urea groups is 1. The van der Waals surface area contributed by atoms with Gasteiger partial charge >= 0.3 is 6.03 Å². The fourth-order valence-corrected chi connectivity index (χ4v) is 2.23. The molecule has 0 saturated heterocycles. The maximum absolute atomic E-state index is 11.7. The molecule has 0 unspecified atom stereocenters. The zero-order chi connectivity index (χ0) is 13.0. The van der Waals surface area contributed by atoms with Crippen molar-refractivity contribution in [2.75, 3.05) is 11.9 Å². The van der Waals surface area contributed by atoms with E-state index in [-0.39, 0.29) is 12.1 Å². The molecule has 6 heteroatoms. The smallest absolute Gasteiger partial charge is 0.319 e. The molecule has 18 heavy (non-hydrogen) atoms. The van der Waals surface area contributed by atoms with Crippen molar-refractivity contribution in [3.8, 4) is 0 Å². The highest BCUT2D eigenvalue weighted by Gasteiger charge is 2.30. The Bertz CT molecular complexity index is 422. The predicted octanol–water partition coefficient (Wildman–Crippen LogP) is 2.53. The first-order chi connectivity index (χ1) is 8.69. The van der Waals surface area contributed by atoms with E-state index in [1.54, 1.807) is 18.5 Å². The normalized spacial score (nSPS) is 22.1. The molecule has 1 aliphatic carbocycles. The number of pyridine rings is 1. The summed E-state index contributed by atoms with van der Waals surface area (Å²) in [6.07, 6.45) is 5.35. The van der Waals surface area contributed by atoms with Crippen molar-refractivity contribution in [3.63, 3.8) is 0 Å². The number of amides is 2. The Balaban J connectivity index is 1.75. The van der Waals surface area contributed by atoms with E-state index >= 15 is 0 Å². The molecule has 0 spiro atoms. The Kier molecular flexibility index (Phi) is 4.54. The number of hydrogen-bond acceptors (Lipinski definition) is 3. The molecule has 2 N–H and O–H groups in total. The lowest BCUT2D eigenvalue weighted by Crippen LogP contribution is -2.49. The lowest BCUT2D eigenvalue weighted by Gasteiger charge is -2.35. The second kappa shape index (κ2) is 6.15. The maximum Gasteiger partial charge on any atom is 0.319 e. The van der Waals surface area contributed by atoms with E-state index in [9.17, 15) is 4.79 Å². The first-order valence-corrected chi connectivity index (χ1v) is 6.77. The zero-order valence-electron chi connectivity index (χ0n) is 10.1. The zero-order valence-corrected chi connectivity index (χ0v) is 11.7. The van der Waals surface area contributed by atoms with Crippen molar-refractivity contribution < 1.29 is 9.53 Å². The number of ether oxygens (including phenoxy) is 1. The third-order valence-electron chi connectivity index (χ3n) is 2.85. The van der Waals surface area contributed by atoms with Gasteiger partial charge in [0.2, 0.25) is 0 Å². The highest BCUT2D eigenvalue weighted by Crippen LogP contribution is 2.24. The molecular formula is C12H16BrN3O2. The highest BCUT2D eigenvalue weighted by molar-refractivity contribution is 9.10. The molecule has 1 aliphatic rings. The Morgan fingerprint density at radius 2 is 2.39 bits per heavy atom. The summed E-state index contributed by atoms with van der Waals surface area (Å²) in [5, 5.41) is 5.69. The quantitative estimate of drug-likeness (QED) is 0.898. The molecule has 0 atom stereocenters. The van der Waals surface area contributed by atoms with E-state index in [4.69, 9.17) is 4.74 Å². The SMILES string of the molecule is CCOC1CC(NC(=O)Nc2ccncc2Br)C1. The molecule has 5 nitrogen and oxygen atoms in total. The number of carbonyl (C=O) groups excluding carboxylic acids is 1. The average Bonchev–Trinajstić information content (AvgIpc) is 2.29. The lowest BCUT2D eigenvalue weighted by atomic mass is 9.89. The summed E-state index contributed by atoms with van der Waals surface area (Å²) >= 11 is 3.33. The molecular weight excluding hydrogens is 298 g/mol. The first kappa shape index (κ1) is 13.3. The van der Waals surface area contributed by atoms with Gasteiger partial charge in [-0.1, -0.05) is 0 Å². The van der Waals surface area contributed by atoms with Gasteiger partial charge in [0.15, 0.2) is 0 Å². The van der Waals surface area contributed by atoms with Gasteiger partial charge in [-0.15, -0.1) is 0 Å². The number of rotatable bonds is 4. The Hall–Kier alpha value is -1.14. The number of anilines is 1. The third-order valence-corrected chi connectivity index (χ3v) is 3.48. The van der Waals surface area contributed by atoms with Crippen LogP contribution in [0.5, 0.6) is 0 Å². The van der Waals surface area contributed by atoms with Gasteiger partial charge in [-0.2, -0.15) is 0 Å². The van der Waals surface area contributed by atoms with E-state index < -0.39 is 0 Å². The third kappa shape index (κ3) is 3.43. The molecule has 0 radical (unpaired) electrons. The number of hydrogen-bond donors (Lipinski definition) is 2. The molecule has 1 aromatic heterocycles. The topological polar surface area (TPSA) is 63.2 Å². The van der Waals surface area contributed by atoms with E-state index in [2.05, 4.69) is 31.5 Å². The molecule has 0 aliphatic heterocycles. The van der Waals surface area contributed by atoms with Crippen molar-refractivity contribution in [1.82, 2.24) is 10.3 Å². The van der Waals surface area contributed by atoms with Crippen LogP contribution in [0.1, 0.15) is 19.8 Å². The number of halogens is 1. The van der Waals surface area contributed by atoms with Gasteiger partial charge in [0.05, 0.1) is 16.3 Å². The fraction of sp³-hybridized carbons (Fsp3) is 0.500. The minimum atomic E-state index is -0.193. The fourth-order valence-electron chi connectivity index (χ4n) is 1.88. The summed E-state index contributed by atoms with van der Waals surface area (Å²) in [4.78, 5) is 15.7. The van der Waals surface area contributed by atoms with Gasteiger partial charge in [-0.05, 0) is 41.8 Å². The molecule has 98 valence electrons. The van der Waals surface area contributed by atoms with Crippen LogP contribution < -0.4 is 10.6 Å². The van der Waals surface area contributed by atoms with E-state index in [0.717, 1.165) is 23.9 Å². The van der Waals surface area contributed by atoms with Crippen LogP contribution in [0.25, 0.3) is 0 Å². The Morgan fingerprint density at radius 3 is 3.06 bits per heavy atom. The summed E-state index contributed by atoms with van der Waals surface area (Å²) in [5.41, 5.74) is 0.711. The number of carbonyl (C=O) groups is 1. The molecule has 1 saturated carbocycles. The average molecular weight is 314 g/mol. The largest absolute Gasteiger partial charge is 0.378 e. The van der Waals surface area contributed by atoms with Gasteiger partial charge in [0.25, 0.3) is 0 Å². The second-order valence-electron chi connectivity index (χ2n) is 4.20. The van der Waals surface area contributed by atoms with Gasteiger partial charge in [0, 0.05) is 25.0 Å². The van der Waals surface area contributed by atoms with Crippen LogP contribution in [0.15, 0.2) is 22.9 Å². The van der Waals surface area contributed by atoms with Crippen LogP contribution in [0.2, 0.25) is 0 Å². The van der Waals surface area contributed by atoms with Crippen LogP contribution in [0.4, 0.5) is 10.5 Å². The summed E-state index contributed by atoms with van der Waals surface area (Å²) in [6.45, 7) is 2.71. The Labute approximate surface area is 114 Å². The van der Waals surface area contributed by atoms with Crippen LogP contribution in [-0.4, -0.2) is 29.8 Å². The van der Waals surface area contributed by atoms with Crippen molar-refractivity contribution in [1.29, 1.82) is 0 Å². The second-order valence-corrected chi connectivity index (χ2v) is 5.05. The van der Waals surface area contributed by atoms with E-state index in [1.807, 2.05) is 6.92 Å². The molecule has 0 aromatic carbocycles. The van der Waals surface area contributed by atoms with Crippen LogP contribution >= 0.6 is 15.9 Å². The minimum Gasteiger partial charge on any atom is -0.378 e. The summed E-state index contributed by atoms with van der Waals surface area (Å²) in [6, 6.07) is 1.76. The van der Waals surface area contributed by atoms with Crippen molar-refractivity contribution >= 4 is 27.6 Å². The van der Waals surface area contributed by atoms with Gasteiger partial charge in [0.1, 0.15) is 0 Å². The van der Waals surface area contributed by atoms with E-state index in [0.29, 0.717) is 11.8 Å². The molecule has 0 bridgehead atoms. The molecule has 1 aromatic rings. The Morgan fingerprint density at radius 1 is 1.61 bits per heavy atom. The number of nitrogens with one attached hydrogen (secondary N) is 2. The number of nitrogens with zero attached hydrogens (tertiary/aromatic N) is 1. The predicted molar refractivity (Wildman–Crippen MR) is 72.5 cm³/mol. The van der Waals surface area contributed by atoms with E-state index in [1.165, 1.54) is 0 Å². The first-order valence-electron chi connectivity index (χ1n) is 5.97. The summed E-state index contributed by atoms with van der Waals surface area (Å²) in [7, 11) is 0. The molecule has 2 amide bonds. The standard InChI is InChI=1S/C12H16BrN3O2/c1-2-18-9-5-8(6-9)15-12(17)16-11-3-4-14-7-10(11)13/h3-4,7-9H,2,5-6H2,1H3,(H2,14,15,16,17). The number of aromatic nitrogens is 1. The monoisotopic (exact) mass is 313 g/mol.